The summed E-state index contributed by atoms with van der Waals surface area (Å²) in [6, 6.07) is 3.51. The van der Waals surface area contributed by atoms with E-state index in [1.54, 1.807) is 12.1 Å². The number of furan rings is 1. The normalized spacial score (nSPS) is 12.0. The van der Waals surface area contributed by atoms with E-state index in [1.165, 1.54) is 10.6 Å². The molecular formula is C13H23N3O4S. The zero-order valence-electron chi connectivity index (χ0n) is 12.7. The molecule has 0 radical (unpaired) electrons. The second-order valence-electron chi connectivity index (χ2n) is 5.07. The Morgan fingerprint density at radius 2 is 2.00 bits per heavy atom. The largest absolute Gasteiger partial charge is 0.467 e. The first-order valence-electron chi connectivity index (χ1n) is 6.68. The fourth-order valence-corrected chi connectivity index (χ4v) is 2.50. The number of rotatable bonds is 9. The summed E-state index contributed by atoms with van der Waals surface area (Å²) in [6.07, 6.45) is 2.82. The van der Waals surface area contributed by atoms with Crippen LogP contribution in [0, 0.1) is 0 Å². The first-order valence-corrected chi connectivity index (χ1v) is 8.53. The minimum absolute atomic E-state index is 0.126. The van der Waals surface area contributed by atoms with Crippen molar-refractivity contribution < 1.29 is 17.6 Å². The van der Waals surface area contributed by atoms with Crippen LogP contribution in [0.4, 0.5) is 0 Å². The van der Waals surface area contributed by atoms with Gasteiger partial charge >= 0.3 is 0 Å². The Balaban J connectivity index is 2.39. The van der Waals surface area contributed by atoms with E-state index in [0.29, 0.717) is 25.4 Å². The van der Waals surface area contributed by atoms with Crippen molar-refractivity contribution in [3.63, 3.8) is 0 Å². The lowest BCUT2D eigenvalue weighted by molar-refractivity contribution is -0.121. The van der Waals surface area contributed by atoms with Crippen LogP contribution in [-0.2, 0) is 21.4 Å². The third-order valence-electron chi connectivity index (χ3n) is 2.89. The van der Waals surface area contributed by atoms with Gasteiger partial charge in [-0.05, 0) is 26.2 Å². The molecule has 0 atom stereocenters. The van der Waals surface area contributed by atoms with E-state index >= 15 is 0 Å². The van der Waals surface area contributed by atoms with Crippen LogP contribution in [0.2, 0.25) is 0 Å². The van der Waals surface area contributed by atoms with E-state index in [0.717, 1.165) is 6.26 Å². The molecule has 0 saturated heterocycles. The topological polar surface area (TPSA) is 82.9 Å². The standard InChI is InChI=1S/C13H23N3O4S/c1-15(2)8-9-16(21(3,18)19)7-6-13(17)14-11-12-5-4-10-20-12/h4-5,10H,6-9,11H2,1-3H3,(H,14,17). The average molecular weight is 317 g/mol. The molecule has 1 heterocycles. The lowest BCUT2D eigenvalue weighted by atomic mass is 10.3. The van der Waals surface area contributed by atoms with Gasteiger partial charge in [-0.25, -0.2) is 12.7 Å². The lowest BCUT2D eigenvalue weighted by Crippen LogP contribution is -2.38. The van der Waals surface area contributed by atoms with Gasteiger partial charge in [0.15, 0.2) is 0 Å². The van der Waals surface area contributed by atoms with Crippen LogP contribution in [0.15, 0.2) is 22.8 Å². The van der Waals surface area contributed by atoms with Gasteiger partial charge in [-0.3, -0.25) is 4.79 Å². The van der Waals surface area contributed by atoms with Crippen LogP contribution in [0.3, 0.4) is 0 Å². The van der Waals surface area contributed by atoms with Crippen LogP contribution in [0.5, 0.6) is 0 Å². The number of carbonyl (C=O) groups is 1. The van der Waals surface area contributed by atoms with Gasteiger partial charge in [0, 0.05) is 26.1 Å². The minimum Gasteiger partial charge on any atom is -0.467 e. The smallest absolute Gasteiger partial charge is 0.221 e. The number of nitrogens with one attached hydrogen (secondary N) is 1. The van der Waals surface area contributed by atoms with Crippen LogP contribution in [0.1, 0.15) is 12.2 Å². The highest BCUT2D eigenvalue weighted by Crippen LogP contribution is 2.02. The van der Waals surface area contributed by atoms with Gasteiger partial charge in [0.2, 0.25) is 15.9 Å². The van der Waals surface area contributed by atoms with E-state index in [1.807, 2.05) is 19.0 Å². The lowest BCUT2D eigenvalue weighted by Gasteiger charge is -2.21. The number of hydrogen-bond acceptors (Lipinski definition) is 5. The van der Waals surface area contributed by atoms with E-state index in [2.05, 4.69) is 5.32 Å². The van der Waals surface area contributed by atoms with Crippen LogP contribution < -0.4 is 5.32 Å². The zero-order chi connectivity index (χ0) is 15.9. The summed E-state index contributed by atoms with van der Waals surface area (Å²) < 4.78 is 29.7. The van der Waals surface area contributed by atoms with Crippen molar-refractivity contribution in [3.05, 3.63) is 24.2 Å². The van der Waals surface area contributed by atoms with Crippen molar-refractivity contribution in [1.29, 1.82) is 0 Å². The first kappa shape index (κ1) is 17.7. The van der Waals surface area contributed by atoms with E-state index < -0.39 is 10.0 Å². The summed E-state index contributed by atoms with van der Waals surface area (Å²) in [5.74, 6) is 0.459. The summed E-state index contributed by atoms with van der Waals surface area (Å²) in [6.45, 7) is 1.47. The summed E-state index contributed by atoms with van der Waals surface area (Å²) in [5.41, 5.74) is 0. The maximum Gasteiger partial charge on any atom is 0.221 e. The van der Waals surface area contributed by atoms with Gasteiger partial charge in [-0.15, -0.1) is 0 Å². The van der Waals surface area contributed by atoms with Gasteiger partial charge in [0.1, 0.15) is 5.76 Å². The van der Waals surface area contributed by atoms with Crippen molar-refractivity contribution in [2.45, 2.75) is 13.0 Å². The van der Waals surface area contributed by atoms with Gasteiger partial charge < -0.3 is 14.6 Å². The molecule has 21 heavy (non-hydrogen) atoms. The molecule has 7 nitrogen and oxygen atoms in total. The number of carbonyl (C=O) groups excluding carboxylic acids is 1. The molecule has 120 valence electrons. The molecule has 0 bridgehead atoms. The molecule has 0 aromatic carbocycles. The van der Waals surface area contributed by atoms with E-state index in [4.69, 9.17) is 4.42 Å². The molecule has 0 spiro atoms. The number of amides is 1. The molecule has 0 unspecified atom stereocenters. The molecule has 1 aromatic heterocycles. The average Bonchev–Trinajstić information content (AvgIpc) is 2.87. The highest BCUT2D eigenvalue weighted by molar-refractivity contribution is 7.88. The SMILES string of the molecule is CN(C)CCN(CCC(=O)NCc1ccco1)S(C)(=O)=O. The fourth-order valence-electron chi connectivity index (χ4n) is 1.67. The molecular weight excluding hydrogens is 294 g/mol. The number of hydrogen-bond donors (Lipinski definition) is 1. The van der Waals surface area contributed by atoms with Crippen molar-refractivity contribution in [2.75, 3.05) is 40.0 Å². The molecule has 0 saturated carbocycles. The predicted molar refractivity (Wildman–Crippen MR) is 80.1 cm³/mol. The van der Waals surface area contributed by atoms with Crippen LogP contribution >= 0.6 is 0 Å². The van der Waals surface area contributed by atoms with Crippen molar-refractivity contribution in [2.24, 2.45) is 0 Å². The van der Waals surface area contributed by atoms with E-state index in [-0.39, 0.29) is 18.9 Å². The second kappa shape index (κ2) is 8.16. The van der Waals surface area contributed by atoms with Crippen molar-refractivity contribution >= 4 is 15.9 Å². The monoisotopic (exact) mass is 317 g/mol. The highest BCUT2D eigenvalue weighted by Gasteiger charge is 2.17. The second-order valence-corrected chi connectivity index (χ2v) is 7.05. The summed E-state index contributed by atoms with van der Waals surface area (Å²) >= 11 is 0. The van der Waals surface area contributed by atoms with Gasteiger partial charge in [0.05, 0.1) is 19.1 Å². The fraction of sp³-hybridized carbons (Fsp3) is 0.615. The van der Waals surface area contributed by atoms with Gasteiger partial charge in [0.25, 0.3) is 0 Å². The third kappa shape index (κ3) is 7.26. The quantitative estimate of drug-likeness (QED) is 0.699. The molecule has 1 amide bonds. The number of nitrogens with zero attached hydrogens (tertiary/aromatic N) is 2. The Labute approximate surface area is 126 Å². The highest BCUT2D eigenvalue weighted by atomic mass is 32.2. The molecule has 0 aliphatic heterocycles. The maximum atomic E-state index is 11.7. The molecule has 1 N–H and O–H groups in total. The summed E-state index contributed by atoms with van der Waals surface area (Å²) in [7, 11) is 0.437. The molecule has 0 aliphatic carbocycles. The Morgan fingerprint density at radius 1 is 1.29 bits per heavy atom. The third-order valence-corrected chi connectivity index (χ3v) is 4.20. The van der Waals surface area contributed by atoms with Crippen molar-refractivity contribution in [1.82, 2.24) is 14.5 Å². The molecule has 0 aliphatic rings. The first-order chi connectivity index (χ1) is 9.79. The molecule has 1 rings (SSSR count). The zero-order valence-corrected chi connectivity index (χ0v) is 13.5. The van der Waals surface area contributed by atoms with Crippen LogP contribution in [0.25, 0.3) is 0 Å². The number of sulfonamides is 1. The predicted octanol–water partition coefficient (Wildman–Crippen LogP) is 0.109. The molecule has 1 aromatic rings. The minimum atomic E-state index is -3.31. The Hall–Kier alpha value is -1.38. The summed E-state index contributed by atoms with van der Waals surface area (Å²) in [5, 5.41) is 2.69. The molecule has 8 heteroatoms. The van der Waals surface area contributed by atoms with Crippen LogP contribution in [-0.4, -0.2) is 63.5 Å². The Morgan fingerprint density at radius 3 is 2.52 bits per heavy atom. The van der Waals surface area contributed by atoms with Crippen molar-refractivity contribution in [3.8, 4) is 0 Å². The molecule has 0 fully saturated rings. The summed E-state index contributed by atoms with van der Waals surface area (Å²) in [4.78, 5) is 13.6. The Kier molecular flexibility index (Phi) is 6.86. The van der Waals surface area contributed by atoms with Gasteiger partial charge in [-0.2, -0.15) is 0 Å². The van der Waals surface area contributed by atoms with Gasteiger partial charge in [-0.1, -0.05) is 0 Å². The number of likely N-dealkylation sites (N-methyl/N-ethyl adjacent to an activating group) is 1. The Bertz CT molecular complexity index is 526. The van der Waals surface area contributed by atoms with E-state index in [9.17, 15) is 13.2 Å². The maximum absolute atomic E-state index is 11.7.